The van der Waals surface area contributed by atoms with E-state index in [-0.39, 0.29) is 41.5 Å². The number of imide groups is 1. The van der Waals surface area contributed by atoms with Crippen molar-refractivity contribution in [2.75, 3.05) is 32.8 Å². The molecule has 3 amide bonds. The molecule has 3 aliphatic rings. The van der Waals surface area contributed by atoms with Crippen molar-refractivity contribution >= 4 is 17.7 Å². The summed E-state index contributed by atoms with van der Waals surface area (Å²) in [6.45, 7) is 12.1. The third kappa shape index (κ3) is 5.42. The lowest BCUT2D eigenvalue weighted by Crippen LogP contribution is -2.55. The van der Waals surface area contributed by atoms with E-state index < -0.39 is 6.04 Å². The molecule has 32 heavy (non-hydrogen) atoms. The monoisotopic (exact) mass is 447 g/mol. The molecule has 1 N–H and O–H groups in total. The van der Waals surface area contributed by atoms with E-state index in [4.69, 9.17) is 4.74 Å². The van der Waals surface area contributed by atoms with Crippen molar-refractivity contribution in [1.82, 2.24) is 15.1 Å². The van der Waals surface area contributed by atoms with Crippen LogP contribution >= 0.6 is 0 Å². The number of hydrogen-bond acceptors (Lipinski definition) is 5. The van der Waals surface area contributed by atoms with Crippen molar-refractivity contribution < 1.29 is 19.1 Å². The minimum absolute atomic E-state index is 0.171. The molecule has 0 spiro atoms. The summed E-state index contributed by atoms with van der Waals surface area (Å²) in [5.41, 5.74) is 0. The average Bonchev–Trinajstić information content (AvgIpc) is 3.05. The van der Waals surface area contributed by atoms with Crippen LogP contribution in [0.4, 0.5) is 0 Å². The molecule has 0 radical (unpaired) electrons. The van der Waals surface area contributed by atoms with Gasteiger partial charge in [-0.1, -0.05) is 52.7 Å². The lowest BCUT2D eigenvalue weighted by molar-refractivity contribution is -0.148. The van der Waals surface area contributed by atoms with Gasteiger partial charge in [0.05, 0.1) is 25.0 Å². The second-order valence-electron chi connectivity index (χ2n) is 9.89. The number of likely N-dealkylation sites (tertiary alicyclic amines) is 1. The van der Waals surface area contributed by atoms with Gasteiger partial charge in [0, 0.05) is 25.7 Å². The highest BCUT2D eigenvalue weighted by molar-refractivity contribution is 6.08. The highest BCUT2D eigenvalue weighted by Crippen LogP contribution is 2.37. The topological polar surface area (TPSA) is 79.0 Å². The zero-order valence-corrected chi connectivity index (χ0v) is 20.2. The van der Waals surface area contributed by atoms with Gasteiger partial charge in [-0.05, 0) is 31.1 Å². The number of hydrogen-bond donors (Lipinski definition) is 1. The first-order chi connectivity index (χ1) is 15.4. The van der Waals surface area contributed by atoms with Crippen molar-refractivity contribution in [3.05, 3.63) is 12.2 Å². The Bertz CT molecular complexity index is 671. The normalized spacial score (nSPS) is 26.0. The summed E-state index contributed by atoms with van der Waals surface area (Å²) in [6.07, 6.45) is 7.73. The molecule has 2 fully saturated rings. The van der Waals surface area contributed by atoms with Crippen LogP contribution < -0.4 is 5.32 Å². The van der Waals surface area contributed by atoms with Crippen LogP contribution in [-0.4, -0.2) is 72.5 Å². The van der Waals surface area contributed by atoms with E-state index in [2.05, 4.69) is 24.1 Å². The zero-order chi connectivity index (χ0) is 23.3. The number of carbonyl (C=O) groups excluding carboxylic acids is 3. The minimum Gasteiger partial charge on any atom is -0.379 e. The van der Waals surface area contributed by atoms with E-state index in [1.807, 2.05) is 26.0 Å². The van der Waals surface area contributed by atoms with Gasteiger partial charge in [-0.3, -0.25) is 24.2 Å². The molecule has 1 aliphatic carbocycles. The molecule has 7 nitrogen and oxygen atoms in total. The van der Waals surface area contributed by atoms with E-state index in [0.29, 0.717) is 44.9 Å². The Kier molecular flexibility index (Phi) is 8.88. The molecule has 4 atom stereocenters. The average molecular weight is 448 g/mol. The first-order valence-electron chi connectivity index (χ1n) is 12.5. The van der Waals surface area contributed by atoms with Crippen molar-refractivity contribution in [2.45, 2.75) is 71.9 Å². The summed E-state index contributed by atoms with van der Waals surface area (Å²) in [5.74, 6) is -0.482. The minimum atomic E-state index is -0.729. The quantitative estimate of drug-likeness (QED) is 0.411. The lowest BCUT2D eigenvalue weighted by atomic mass is 9.85. The molecule has 3 rings (SSSR count). The van der Waals surface area contributed by atoms with Gasteiger partial charge in [-0.25, -0.2) is 0 Å². The van der Waals surface area contributed by atoms with E-state index in [0.717, 1.165) is 25.9 Å². The van der Waals surface area contributed by atoms with Crippen molar-refractivity contribution in [3.63, 3.8) is 0 Å². The molecule has 0 saturated carbocycles. The largest absolute Gasteiger partial charge is 0.379 e. The summed E-state index contributed by atoms with van der Waals surface area (Å²) in [7, 11) is 0. The molecular formula is C25H41N3O4. The number of amides is 3. The maximum atomic E-state index is 13.4. The summed E-state index contributed by atoms with van der Waals surface area (Å²) < 4.78 is 5.53. The third-order valence-electron chi connectivity index (χ3n) is 7.44. The number of fused-ring (bicyclic) bond motifs is 1. The molecule has 0 aromatic rings. The first-order valence-corrected chi connectivity index (χ1v) is 12.5. The van der Waals surface area contributed by atoms with E-state index in [9.17, 15) is 14.4 Å². The van der Waals surface area contributed by atoms with E-state index in [1.165, 1.54) is 4.90 Å². The highest BCUT2D eigenvalue weighted by atomic mass is 16.5. The third-order valence-corrected chi connectivity index (χ3v) is 7.44. The smallest absolute Gasteiger partial charge is 0.243 e. The highest BCUT2D eigenvalue weighted by Gasteiger charge is 2.51. The standard InChI is InChI=1S/C25H41N3O4/c1-5-18(6-2)22(27-11-13-32-14-12-27)16-26-23(29)21(15-17(3)4)28-24(30)19-9-7-8-10-20(19)25(28)31/h7-8,17-22H,5-6,9-16H2,1-4H3,(H,26,29). The van der Waals surface area contributed by atoms with Gasteiger partial charge in [0.1, 0.15) is 6.04 Å². The van der Waals surface area contributed by atoms with Crippen LogP contribution in [0.2, 0.25) is 0 Å². The summed E-state index contributed by atoms with van der Waals surface area (Å²) in [5, 5.41) is 3.15. The van der Waals surface area contributed by atoms with Crippen molar-refractivity contribution in [1.29, 1.82) is 0 Å². The predicted molar refractivity (Wildman–Crippen MR) is 124 cm³/mol. The Labute approximate surface area is 192 Å². The van der Waals surface area contributed by atoms with Crippen molar-refractivity contribution in [2.24, 2.45) is 23.7 Å². The first kappa shape index (κ1) is 24.9. The second-order valence-corrected chi connectivity index (χ2v) is 9.89. The number of ether oxygens (including phenoxy) is 1. The Morgan fingerprint density at radius 3 is 2.12 bits per heavy atom. The summed E-state index contributed by atoms with van der Waals surface area (Å²) >= 11 is 0. The van der Waals surface area contributed by atoms with Crippen LogP contribution in [-0.2, 0) is 19.1 Å². The molecular weight excluding hydrogens is 406 g/mol. The fourth-order valence-electron chi connectivity index (χ4n) is 5.57. The van der Waals surface area contributed by atoms with Crippen LogP contribution in [0, 0.1) is 23.7 Å². The van der Waals surface area contributed by atoms with Crippen molar-refractivity contribution in [3.8, 4) is 0 Å². The van der Waals surface area contributed by atoms with Gasteiger partial charge in [-0.15, -0.1) is 0 Å². The molecule has 0 bridgehead atoms. The van der Waals surface area contributed by atoms with Gasteiger partial charge >= 0.3 is 0 Å². The fourth-order valence-corrected chi connectivity index (χ4v) is 5.57. The van der Waals surface area contributed by atoms with Crippen LogP contribution in [0.25, 0.3) is 0 Å². The molecule has 4 unspecified atom stereocenters. The molecule has 2 aliphatic heterocycles. The van der Waals surface area contributed by atoms with Crippen LogP contribution in [0.1, 0.15) is 59.8 Å². The number of carbonyl (C=O) groups is 3. The van der Waals surface area contributed by atoms with Gasteiger partial charge in [0.25, 0.3) is 0 Å². The molecule has 2 heterocycles. The Morgan fingerprint density at radius 2 is 1.62 bits per heavy atom. The number of morpholine rings is 1. The van der Waals surface area contributed by atoms with Gasteiger partial charge in [0.2, 0.25) is 17.7 Å². The maximum Gasteiger partial charge on any atom is 0.243 e. The predicted octanol–water partition coefficient (Wildman–Crippen LogP) is 2.61. The number of nitrogens with zero attached hydrogens (tertiary/aromatic N) is 2. The SMILES string of the molecule is CCC(CC)C(CNC(=O)C(CC(C)C)N1C(=O)C2CC=CCC2C1=O)N1CCOCC1. The van der Waals surface area contributed by atoms with Gasteiger partial charge in [0.15, 0.2) is 0 Å². The second kappa shape index (κ2) is 11.4. The van der Waals surface area contributed by atoms with Gasteiger partial charge < -0.3 is 10.1 Å². The number of nitrogens with one attached hydrogen (secondary N) is 1. The number of allylic oxidation sites excluding steroid dienone is 2. The molecule has 180 valence electrons. The number of rotatable bonds is 10. The molecule has 7 heteroatoms. The Balaban J connectivity index is 1.73. The molecule has 0 aromatic heterocycles. The van der Waals surface area contributed by atoms with Crippen LogP contribution in [0.3, 0.4) is 0 Å². The Morgan fingerprint density at radius 1 is 1.06 bits per heavy atom. The van der Waals surface area contributed by atoms with E-state index in [1.54, 1.807) is 0 Å². The maximum absolute atomic E-state index is 13.4. The lowest BCUT2D eigenvalue weighted by Gasteiger charge is -2.39. The zero-order valence-electron chi connectivity index (χ0n) is 20.2. The molecule has 0 aromatic carbocycles. The fraction of sp³-hybridized carbons (Fsp3) is 0.800. The summed E-state index contributed by atoms with van der Waals surface area (Å²) in [4.78, 5) is 43.4. The van der Waals surface area contributed by atoms with Crippen LogP contribution in [0.15, 0.2) is 12.2 Å². The van der Waals surface area contributed by atoms with Crippen LogP contribution in [0.5, 0.6) is 0 Å². The summed E-state index contributed by atoms with van der Waals surface area (Å²) in [6, 6.07) is -0.498. The molecule has 2 saturated heterocycles. The van der Waals surface area contributed by atoms with Gasteiger partial charge in [-0.2, -0.15) is 0 Å². The Hall–Kier alpha value is -1.73. The van der Waals surface area contributed by atoms with E-state index >= 15 is 0 Å².